The van der Waals surface area contributed by atoms with Crippen LogP contribution in [0.1, 0.15) is 19.3 Å². The highest BCUT2D eigenvalue weighted by atomic mass is 16.5. The van der Waals surface area contributed by atoms with Crippen LogP contribution in [0.25, 0.3) is 0 Å². The van der Waals surface area contributed by atoms with Gasteiger partial charge in [0.2, 0.25) is 0 Å². The Morgan fingerprint density at radius 3 is 3.00 bits per heavy atom. The number of aliphatic hydroxyl groups is 1. The van der Waals surface area contributed by atoms with Crippen LogP contribution < -0.4 is 11.1 Å². The van der Waals surface area contributed by atoms with Crippen LogP contribution in [0.2, 0.25) is 0 Å². The van der Waals surface area contributed by atoms with E-state index in [0.717, 1.165) is 32.4 Å². The largest absolute Gasteiger partial charge is 0.387 e. The maximum atomic E-state index is 10.4. The summed E-state index contributed by atoms with van der Waals surface area (Å²) in [5.41, 5.74) is 5.41. The Bertz CT molecular complexity index is 187. The van der Waals surface area contributed by atoms with Crippen LogP contribution in [-0.4, -0.2) is 43.1 Å². The molecule has 4 N–H and O–H groups in total. The van der Waals surface area contributed by atoms with Crippen LogP contribution in [0.5, 0.6) is 0 Å². The fourth-order valence-electron chi connectivity index (χ4n) is 2.47. The molecule has 4 heteroatoms. The van der Waals surface area contributed by atoms with Crippen LogP contribution >= 0.6 is 0 Å². The number of rotatable bonds is 2. The van der Waals surface area contributed by atoms with Gasteiger partial charge in [0, 0.05) is 25.1 Å². The zero-order valence-electron chi connectivity index (χ0n) is 8.54. The highest BCUT2D eigenvalue weighted by Crippen LogP contribution is 2.27. The number of piperidine rings is 1. The summed E-state index contributed by atoms with van der Waals surface area (Å²) in [4.78, 5) is 0. The van der Waals surface area contributed by atoms with Crippen molar-refractivity contribution in [3.63, 3.8) is 0 Å². The maximum Gasteiger partial charge on any atom is 0.0925 e. The summed E-state index contributed by atoms with van der Waals surface area (Å²) in [6.45, 7) is 3.13. The van der Waals surface area contributed by atoms with Crippen LogP contribution in [0.3, 0.4) is 0 Å². The highest BCUT2D eigenvalue weighted by Gasteiger charge is 2.40. The van der Waals surface area contributed by atoms with Gasteiger partial charge in [0.25, 0.3) is 0 Å². The number of nitrogens with one attached hydrogen (secondary N) is 1. The molecular formula is C10H20N2O2. The molecule has 0 bridgehead atoms. The second-order valence-electron chi connectivity index (χ2n) is 4.53. The van der Waals surface area contributed by atoms with Crippen molar-refractivity contribution in [1.82, 2.24) is 5.32 Å². The lowest BCUT2D eigenvalue weighted by molar-refractivity contribution is -0.0253. The summed E-state index contributed by atoms with van der Waals surface area (Å²) in [7, 11) is 0. The molecular weight excluding hydrogens is 180 g/mol. The third-order valence-electron chi connectivity index (χ3n) is 3.49. The van der Waals surface area contributed by atoms with Crippen molar-refractivity contribution in [3.8, 4) is 0 Å². The van der Waals surface area contributed by atoms with Crippen molar-refractivity contribution in [2.24, 2.45) is 11.7 Å². The van der Waals surface area contributed by atoms with E-state index in [2.05, 4.69) is 5.32 Å². The van der Waals surface area contributed by atoms with Crippen LogP contribution in [0, 0.1) is 5.92 Å². The normalized spacial score (nSPS) is 41.1. The molecule has 0 spiro atoms. The summed E-state index contributed by atoms with van der Waals surface area (Å²) >= 11 is 0. The molecule has 3 atom stereocenters. The standard InChI is InChI=1S/C10H20N2O2/c11-9(8-2-5-14-6-8)10(13)3-1-4-12-7-10/h8-9,12-13H,1-7,11H2. The predicted octanol–water partition coefficient (Wildman–Crippen LogP) is -0.535. The van der Waals surface area contributed by atoms with Crippen molar-refractivity contribution in [2.45, 2.75) is 30.9 Å². The second kappa shape index (κ2) is 4.14. The predicted molar refractivity (Wildman–Crippen MR) is 54.0 cm³/mol. The van der Waals surface area contributed by atoms with Crippen molar-refractivity contribution < 1.29 is 9.84 Å². The smallest absolute Gasteiger partial charge is 0.0925 e. The summed E-state index contributed by atoms with van der Waals surface area (Å²) in [5, 5.41) is 13.6. The van der Waals surface area contributed by atoms with Crippen molar-refractivity contribution in [3.05, 3.63) is 0 Å². The molecule has 0 radical (unpaired) electrons. The van der Waals surface area contributed by atoms with Gasteiger partial charge < -0.3 is 20.9 Å². The minimum atomic E-state index is -0.712. The summed E-state index contributed by atoms with van der Waals surface area (Å²) < 4.78 is 5.30. The van der Waals surface area contributed by atoms with Gasteiger partial charge in [-0.1, -0.05) is 0 Å². The molecule has 4 nitrogen and oxygen atoms in total. The minimum absolute atomic E-state index is 0.141. The first-order chi connectivity index (χ1) is 6.72. The first kappa shape index (κ1) is 10.4. The van der Waals surface area contributed by atoms with Crippen molar-refractivity contribution in [2.75, 3.05) is 26.3 Å². The SMILES string of the molecule is NC(C1CCOC1)C1(O)CCCNC1. The number of ether oxygens (including phenoxy) is 1. The Morgan fingerprint density at radius 1 is 1.57 bits per heavy atom. The first-order valence-corrected chi connectivity index (χ1v) is 5.49. The lowest BCUT2D eigenvalue weighted by atomic mass is 9.80. The van der Waals surface area contributed by atoms with Gasteiger partial charge in [-0.05, 0) is 25.8 Å². The van der Waals surface area contributed by atoms with E-state index in [9.17, 15) is 5.11 Å². The Kier molecular flexibility index (Phi) is 3.07. The van der Waals surface area contributed by atoms with Gasteiger partial charge in [-0.2, -0.15) is 0 Å². The minimum Gasteiger partial charge on any atom is -0.387 e. The topological polar surface area (TPSA) is 67.5 Å². The van der Waals surface area contributed by atoms with E-state index in [1.165, 1.54) is 0 Å². The molecule has 0 aromatic heterocycles. The van der Waals surface area contributed by atoms with Gasteiger partial charge in [-0.15, -0.1) is 0 Å². The Hall–Kier alpha value is -0.160. The van der Waals surface area contributed by atoms with E-state index in [-0.39, 0.29) is 6.04 Å². The molecule has 2 fully saturated rings. The summed E-state index contributed by atoms with van der Waals surface area (Å²) in [6, 6.07) is -0.141. The van der Waals surface area contributed by atoms with Gasteiger partial charge in [0.05, 0.1) is 12.2 Å². The lowest BCUT2D eigenvalue weighted by Gasteiger charge is -2.39. The van der Waals surface area contributed by atoms with E-state index in [0.29, 0.717) is 19.1 Å². The molecule has 2 aliphatic rings. The van der Waals surface area contributed by atoms with E-state index in [4.69, 9.17) is 10.5 Å². The average Bonchev–Trinajstić information content (AvgIpc) is 2.70. The molecule has 2 aliphatic heterocycles. The van der Waals surface area contributed by atoms with E-state index in [1.807, 2.05) is 0 Å². The quantitative estimate of drug-likeness (QED) is 0.560. The van der Waals surface area contributed by atoms with Crippen molar-refractivity contribution in [1.29, 1.82) is 0 Å². The Morgan fingerprint density at radius 2 is 2.43 bits per heavy atom. The number of nitrogens with two attached hydrogens (primary N) is 1. The third kappa shape index (κ3) is 1.93. The van der Waals surface area contributed by atoms with E-state index >= 15 is 0 Å². The Balaban J connectivity index is 1.96. The average molecular weight is 200 g/mol. The first-order valence-electron chi connectivity index (χ1n) is 5.49. The Labute approximate surface area is 84.8 Å². The monoisotopic (exact) mass is 200 g/mol. The van der Waals surface area contributed by atoms with E-state index < -0.39 is 5.60 Å². The van der Waals surface area contributed by atoms with Crippen LogP contribution in [0.4, 0.5) is 0 Å². The molecule has 0 aliphatic carbocycles. The summed E-state index contributed by atoms with van der Waals surface area (Å²) in [5.74, 6) is 0.333. The zero-order valence-corrected chi connectivity index (χ0v) is 8.54. The van der Waals surface area contributed by atoms with E-state index in [1.54, 1.807) is 0 Å². The zero-order chi connectivity index (χ0) is 10.0. The van der Waals surface area contributed by atoms with Crippen LogP contribution in [0.15, 0.2) is 0 Å². The number of β-amino-alcohol motifs (C(OH)–C–C–N with tert-alkyl or cyclic N) is 1. The fourth-order valence-corrected chi connectivity index (χ4v) is 2.47. The molecule has 2 heterocycles. The molecule has 14 heavy (non-hydrogen) atoms. The maximum absolute atomic E-state index is 10.4. The molecule has 0 aromatic carbocycles. The highest BCUT2D eigenvalue weighted by molar-refractivity contribution is 4.98. The molecule has 3 unspecified atom stereocenters. The third-order valence-corrected chi connectivity index (χ3v) is 3.49. The fraction of sp³-hybridized carbons (Fsp3) is 1.00. The summed E-state index contributed by atoms with van der Waals surface area (Å²) in [6.07, 6.45) is 2.82. The van der Waals surface area contributed by atoms with Gasteiger partial charge in [-0.3, -0.25) is 0 Å². The van der Waals surface area contributed by atoms with Gasteiger partial charge in [0.15, 0.2) is 0 Å². The van der Waals surface area contributed by atoms with Gasteiger partial charge in [-0.25, -0.2) is 0 Å². The molecule has 0 amide bonds. The van der Waals surface area contributed by atoms with Crippen LogP contribution in [-0.2, 0) is 4.74 Å². The van der Waals surface area contributed by atoms with Gasteiger partial charge >= 0.3 is 0 Å². The van der Waals surface area contributed by atoms with Gasteiger partial charge in [0.1, 0.15) is 0 Å². The molecule has 2 rings (SSSR count). The second-order valence-corrected chi connectivity index (χ2v) is 4.53. The molecule has 0 saturated carbocycles. The molecule has 0 aromatic rings. The molecule has 2 saturated heterocycles. The number of hydrogen-bond acceptors (Lipinski definition) is 4. The lowest BCUT2D eigenvalue weighted by Crippen LogP contribution is -2.60. The van der Waals surface area contributed by atoms with Crippen molar-refractivity contribution >= 4 is 0 Å². The molecule has 82 valence electrons. The number of hydrogen-bond donors (Lipinski definition) is 3.